The Morgan fingerprint density at radius 3 is 2.39 bits per heavy atom. The summed E-state index contributed by atoms with van der Waals surface area (Å²) in [6, 6.07) is 11.9. The van der Waals surface area contributed by atoms with Gasteiger partial charge in [0, 0.05) is 12.1 Å². The molecule has 1 aliphatic carbocycles. The van der Waals surface area contributed by atoms with Crippen molar-refractivity contribution >= 4 is 33.2 Å². The normalized spacial score (nSPS) is 14.8. The lowest BCUT2D eigenvalue weighted by Crippen LogP contribution is -2.30. The molecule has 2 aromatic rings. The summed E-state index contributed by atoms with van der Waals surface area (Å²) < 4.78 is 31.2. The number of methoxy groups -OCH3 is 1. The number of nitrogens with one attached hydrogen (secondary N) is 1. The maximum absolute atomic E-state index is 12.5. The lowest BCUT2D eigenvalue weighted by Gasteiger charge is -2.23. The molecule has 0 unspecified atom stereocenters. The summed E-state index contributed by atoms with van der Waals surface area (Å²) in [7, 11) is -2.04. The van der Waals surface area contributed by atoms with Crippen LogP contribution in [0.2, 0.25) is 5.02 Å². The van der Waals surface area contributed by atoms with Crippen molar-refractivity contribution in [1.82, 2.24) is 5.32 Å². The van der Waals surface area contributed by atoms with Crippen molar-refractivity contribution in [3.63, 3.8) is 0 Å². The zero-order valence-electron chi connectivity index (χ0n) is 17.9. The number of ether oxygens (including phenoxy) is 1. The van der Waals surface area contributed by atoms with Crippen LogP contribution in [0.3, 0.4) is 0 Å². The minimum Gasteiger partial charge on any atom is -0.495 e. The summed E-state index contributed by atoms with van der Waals surface area (Å²) in [6.45, 7) is 0.839. The standard InChI is InChI=1S/C23H29ClN2O4S/c1-30-22-13-12-20(14-21(22)24)26(31(2,28)29)16-18-8-10-19(11-9-18)23(27)25-15-17-6-4-3-5-7-17/h8-14,17H,3-7,15-16H2,1-2H3,(H,25,27). The second-order valence-electron chi connectivity index (χ2n) is 8.00. The Morgan fingerprint density at radius 1 is 1.13 bits per heavy atom. The highest BCUT2D eigenvalue weighted by Crippen LogP contribution is 2.31. The third-order valence-corrected chi connectivity index (χ3v) is 7.08. The molecule has 1 aliphatic rings. The van der Waals surface area contributed by atoms with Crippen molar-refractivity contribution in [2.45, 2.75) is 38.6 Å². The summed E-state index contributed by atoms with van der Waals surface area (Å²) in [5.74, 6) is 0.943. The van der Waals surface area contributed by atoms with Gasteiger partial charge in [-0.15, -0.1) is 0 Å². The van der Waals surface area contributed by atoms with Crippen molar-refractivity contribution in [2.75, 3.05) is 24.2 Å². The van der Waals surface area contributed by atoms with E-state index in [1.807, 2.05) is 0 Å². The Hall–Kier alpha value is -2.25. The average molecular weight is 465 g/mol. The fraction of sp³-hybridized carbons (Fsp3) is 0.435. The molecule has 1 saturated carbocycles. The molecule has 3 rings (SSSR count). The first-order valence-corrected chi connectivity index (χ1v) is 12.7. The van der Waals surface area contributed by atoms with Crippen LogP contribution >= 0.6 is 11.6 Å². The molecular weight excluding hydrogens is 436 g/mol. The topological polar surface area (TPSA) is 75.7 Å². The first kappa shape index (κ1) is 23.4. The van der Waals surface area contributed by atoms with Gasteiger partial charge in [-0.05, 0) is 54.7 Å². The van der Waals surface area contributed by atoms with E-state index in [-0.39, 0.29) is 12.5 Å². The van der Waals surface area contributed by atoms with Crippen molar-refractivity contribution < 1.29 is 17.9 Å². The van der Waals surface area contributed by atoms with Crippen LogP contribution in [0.15, 0.2) is 42.5 Å². The SMILES string of the molecule is COc1ccc(N(Cc2ccc(C(=O)NCC3CCCCC3)cc2)S(C)(=O)=O)cc1Cl. The molecule has 31 heavy (non-hydrogen) atoms. The van der Waals surface area contributed by atoms with Crippen molar-refractivity contribution in [2.24, 2.45) is 5.92 Å². The van der Waals surface area contributed by atoms with Crippen molar-refractivity contribution in [3.8, 4) is 5.75 Å². The molecule has 1 amide bonds. The Balaban J connectivity index is 1.68. The van der Waals surface area contributed by atoms with Crippen LogP contribution in [-0.4, -0.2) is 34.2 Å². The molecule has 6 nitrogen and oxygen atoms in total. The van der Waals surface area contributed by atoms with Crippen LogP contribution in [0.25, 0.3) is 0 Å². The van der Waals surface area contributed by atoms with Crippen LogP contribution in [-0.2, 0) is 16.6 Å². The van der Waals surface area contributed by atoms with Crippen molar-refractivity contribution in [1.29, 1.82) is 0 Å². The Labute approximate surface area is 189 Å². The summed E-state index contributed by atoms with van der Waals surface area (Å²) in [4.78, 5) is 12.5. The quantitative estimate of drug-likeness (QED) is 0.618. The first-order chi connectivity index (χ1) is 14.8. The monoisotopic (exact) mass is 464 g/mol. The molecule has 0 heterocycles. The summed E-state index contributed by atoms with van der Waals surface area (Å²) in [5.41, 5.74) is 1.78. The molecule has 0 aromatic heterocycles. The summed E-state index contributed by atoms with van der Waals surface area (Å²) in [5, 5.41) is 3.36. The number of halogens is 1. The van der Waals surface area contributed by atoms with Gasteiger partial charge in [-0.2, -0.15) is 0 Å². The van der Waals surface area contributed by atoms with Gasteiger partial charge in [-0.1, -0.05) is 43.0 Å². The lowest BCUT2D eigenvalue weighted by molar-refractivity contribution is 0.0943. The molecule has 0 aliphatic heterocycles. The third kappa shape index (κ3) is 6.37. The van der Waals surface area contributed by atoms with E-state index in [0.717, 1.165) is 11.8 Å². The zero-order chi connectivity index (χ0) is 22.4. The molecule has 168 valence electrons. The number of anilines is 1. The van der Waals surface area contributed by atoms with Crippen LogP contribution in [0.5, 0.6) is 5.75 Å². The second kappa shape index (κ2) is 10.4. The molecule has 0 saturated heterocycles. The maximum Gasteiger partial charge on any atom is 0.251 e. The highest BCUT2D eigenvalue weighted by Gasteiger charge is 2.20. The van der Waals surface area contributed by atoms with Crippen LogP contribution in [0, 0.1) is 5.92 Å². The largest absolute Gasteiger partial charge is 0.495 e. The van der Waals surface area contributed by atoms with Gasteiger partial charge < -0.3 is 10.1 Å². The predicted molar refractivity (Wildman–Crippen MR) is 124 cm³/mol. The third-order valence-electron chi connectivity index (χ3n) is 5.64. The van der Waals surface area contributed by atoms with E-state index in [1.165, 1.54) is 43.5 Å². The van der Waals surface area contributed by atoms with E-state index in [0.29, 0.717) is 34.5 Å². The highest BCUT2D eigenvalue weighted by atomic mass is 35.5. The van der Waals surface area contributed by atoms with Gasteiger partial charge in [0.25, 0.3) is 5.91 Å². The smallest absolute Gasteiger partial charge is 0.251 e. The van der Waals surface area contributed by atoms with Crippen LogP contribution in [0.4, 0.5) is 5.69 Å². The molecule has 0 bridgehead atoms. The minimum atomic E-state index is -3.55. The first-order valence-electron chi connectivity index (χ1n) is 10.5. The molecule has 0 radical (unpaired) electrons. The number of nitrogens with zero attached hydrogens (tertiary/aromatic N) is 1. The van der Waals surface area contributed by atoms with Gasteiger partial charge in [0.05, 0.1) is 30.6 Å². The fourth-order valence-corrected chi connectivity index (χ4v) is 5.00. The Bertz CT molecular complexity index is 1000. The van der Waals surface area contributed by atoms with E-state index in [9.17, 15) is 13.2 Å². The van der Waals surface area contributed by atoms with Gasteiger partial charge in [-0.3, -0.25) is 9.10 Å². The number of carbonyl (C=O) groups excluding carboxylic acids is 1. The second-order valence-corrected chi connectivity index (χ2v) is 10.3. The van der Waals surface area contributed by atoms with E-state index < -0.39 is 10.0 Å². The van der Waals surface area contributed by atoms with Crippen molar-refractivity contribution in [3.05, 3.63) is 58.6 Å². The van der Waals surface area contributed by atoms with E-state index in [4.69, 9.17) is 16.3 Å². The van der Waals surface area contributed by atoms with Gasteiger partial charge >= 0.3 is 0 Å². The van der Waals surface area contributed by atoms with Gasteiger partial charge in [0.2, 0.25) is 10.0 Å². The van der Waals surface area contributed by atoms with E-state index in [2.05, 4.69) is 5.32 Å². The summed E-state index contributed by atoms with van der Waals surface area (Å²) in [6.07, 6.45) is 7.28. The number of hydrogen-bond donors (Lipinski definition) is 1. The molecule has 0 spiro atoms. The summed E-state index contributed by atoms with van der Waals surface area (Å²) >= 11 is 6.18. The lowest BCUT2D eigenvalue weighted by atomic mass is 9.89. The molecule has 1 N–H and O–H groups in total. The Morgan fingerprint density at radius 2 is 1.81 bits per heavy atom. The number of amides is 1. The van der Waals surface area contributed by atoms with Crippen LogP contribution < -0.4 is 14.4 Å². The fourth-order valence-electron chi connectivity index (χ4n) is 3.87. The maximum atomic E-state index is 12.5. The van der Waals surface area contributed by atoms with Gasteiger partial charge in [0.1, 0.15) is 5.75 Å². The minimum absolute atomic E-state index is 0.0981. The molecule has 2 aromatic carbocycles. The molecule has 8 heteroatoms. The Kier molecular flexibility index (Phi) is 7.84. The number of benzene rings is 2. The molecule has 1 fully saturated rings. The highest BCUT2D eigenvalue weighted by molar-refractivity contribution is 7.92. The number of sulfonamides is 1. The van der Waals surface area contributed by atoms with E-state index in [1.54, 1.807) is 42.5 Å². The van der Waals surface area contributed by atoms with E-state index >= 15 is 0 Å². The zero-order valence-corrected chi connectivity index (χ0v) is 19.5. The number of rotatable bonds is 8. The van der Waals surface area contributed by atoms with Gasteiger partial charge in [0.15, 0.2) is 0 Å². The molecule has 0 atom stereocenters. The number of carbonyl (C=O) groups is 1. The number of hydrogen-bond acceptors (Lipinski definition) is 4. The van der Waals surface area contributed by atoms with Crippen LogP contribution in [0.1, 0.15) is 48.0 Å². The predicted octanol–water partition coefficient (Wildman–Crippen LogP) is 4.62. The van der Waals surface area contributed by atoms with Gasteiger partial charge in [-0.25, -0.2) is 8.42 Å². The average Bonchev–Trinajstić information content (AvgIpc) is 2.76. The molecular formula is C23H29ClN2O4S.